The molecule has 1 atom stereocenters. The number of methoxy groups -OCH3 is 1. The summed E-state index contributed by atoms with van der Waals surface area (Å²) in [5.41, 5.74) is 0. The highest BCUT2D eigenvalue weighted by Crippen LogP contribution is 2.14. The summed E-state index contributed by atoms with van der Waals surface area (Å²) in [5, 5.41) is 3.14. The normalized spacial score (nSPS) is 23.5. The third-order valence-electron chi connectivity index (χ3n) is 2.94. The van der Waals surface area contributed by atoms with Crippen molar-refractivity contribution < 1.29 is 13.2 Å². The van der Waals surface area contributed by atoms with Crippen LogP contribution in [0.15, 0.2) is 0 Å². The van der Waals surface area contributed by atoms with Gasteiger partial charge in [-0.05, 0) is 26.3 Å². The lowest BCUT2D eigenvalue weighted by molar-refractivity contribution is 0.199. The van der Waals surface area contributed by atoms with Gasteiger partial charge in [-0.3, -0.25) is 0 Å². The van der Waals surface area contributed by atoms with E-state index in [0.29, 0.717) is 32.2 Å². The summed E-state index contributed by atoms with van der Waals surface area (Å²) in [6.07, 6.45) is 2.56. The zero-order chi connectivity index (χ0) is 12.0. The first-order chi connectivity index (χ1) is 7.60. The molecule has 0 aliphatic carbocycles. The van der Waals surface area contributed by atoms with E-state index in [2.05, 4.69) is 5.32 Å². The maximum atomic E-state index is 12.0. The van der Waals surface area contributed by atoms with Gasteiger partial charge < -0.3 is 10.1 Å². The lowest BCUT2D eigenvalue weighted by Crippen LogP contribution is -2.47. The van der Waals surface area contributed by atoms with E-state index in [-0.39, 0.29) is 5.75 Å². The van der Waals surface area contributed by atoms with Crippen molar-refractivity contribution in [2.45, 2.75) is 25.3 Å². The quantitative estimate of drug-likeness (QED) is 0.676. The van der Waals surface area contributed by atoms with Gasteiger partial charge in [0.25, 0.3) is 0 Å². The Morgan fingerprint density at radius 3 is 2.88 bits per heavy atom. The van der Waals surface area contributed by atoms with Crippen LogP contribution in [0.5, 0.6) is 0 Å². The van der Waals surface area contributed by atoms with E-state index in [4.69, 9.17) is 4.74 Å². The molecule has 1 aliphatic rings. The second-order valence-electron chi connectivity index (χ2n) is 4.15. The highest BCUT2D eigenvalue weighted by atomic mass is 32.2. The van der Waals surface area contributed by atoms with Gasteiger partial charge in [0, 0.05) is 32.8 Å². The van der Waals surface area contributed by atoms with Gasteiger partial charge in [0.15, 0.2) is 0 Å². The molecule has 0 aromatic heterocycles. The van der Waals surface area contributed by atoms with Gasteiger partial charge >= 0.3 is 0 Å². The fourth-order valence-corrected chi connectivity index (χ4v) is 3.50. The van der Waals surface area contributed by atoms with E-state index >= 15 is 0 Å². The molecule has 0 saturated carbocycles. The first-order valence-electron chi connectivity index (χ1n) is 5.74. The second-order valence-corrected chi connectivity index (χ2v) is 6.24. The van der Waals surface area contributed by atoms with Gasteiger partial charge in [-0.15, -0.1) is 0 Å². The van der Waals surface area contributed by atoms with Crippen molar-refractivity contribution in [3.05, 3.63) is 0 Å². The number of piperidine rings is 1. The molecule has 1 heterocycles. The van der Waals surface area contributed by atoms with Crippen LogP contribution >= 0.6 is 0 Å². The molecule has 0 radical (unpaired) electrons. The fourth-order valence-electron chi connectivity index (χ4n) is 1.95. The Morgan fingerprint density at radius 1 is 1.50 bits per heavy atom. The van der Waals surface area contributed by atoms with E-state index in [1.54, 1.807) is 11.4 Å². The molecule has 0 aromatic rings. The van der Waals surface area contributed by atoms with E-state index < -0.39 is 10.0 Å². The second kappa shape index (κ2) is 6.54. The smallest absolute Gasteiger partial charge is 0.214 e. The monoisotopic (exact) mass is 250 g/mol. The minimum absolute atomic E-state index is 0.192. The number of likely N-dealkylation sites (N-methyl/N-ethyl adjacent to an activating group) is 1. The van der Waals surface area contributed by atoms with Crippen molar-refractivity contribution in [3.8, 4) is 0 Å². The van der Waals surface area contributed by atoms with Crippen molar-refractivity contribution in [1.29, 1.82) is 0 Å². The minimum atomic E-state index is -3.09. The molecule has 5 nitrogen and oxygen atoms in total. The highest BCUT2D eigenvalue weighted by Gasteiger charge is 2.27. The number of nitrogens with one attached hydrogen (secondary N) is 1. The maximum absolute atomic E-state index is 12.0. The SMILES string of the molecule is CNC1CCCN(S(=O)(=O)CCCOC)C1. The summed E-state index contributed by atoms with van der Waals surface area (Å²) < 4.78 is 30.4. The Morgan fingerprint density at radius 2 is 2.25 bits per heavy atom. The first kappa shape index (κ1) is 13.9. The zero-order valence-electron chi connectivity index (χ0n) is 10.1. The molecule has 1 fully saturated rings. The molecule has 1 rings (SSSR count). The van der Waals surface area contributed by atoms with Crippen molar-refractivity contribution in [2.75, 3.05) is 39.6 Å². The van der Waals surface area contributed by atoms with Crippen molar-refractivity contribution in [2.24, 2.45) is 0 Å². The molecule has 0 aromatic carbocycles. The Kier molecular flexibility index (Phi) is 5.68. The van der Waals surface area contributed by atoms with Crippen LogP contribution < -0.4 is 5.32 Å². The number of ether oxygens (including phenoxy) is 1. The molecule has 0 amide bonds. The molecule has 16 heavy (non-hydrogen) atoms. The van der Waals surface area contributed by atoms with E-state index in [1.807, 2.05) is 7.05 Å². The maximum Gasteiger partial charge on any atom is 0.214 e. The van der Waals surface area contributed by atoms with Crippen LogP contribution in [0.1, 0.15) is 19.3 Å². The average Bonchev–Trinajstić information content (AvgIpc) is 2.29. The molecule has 0 bridgehead atoms. The summed E-state index contributed by atoms with van der Waals surface area (Å²) in [5.74, 6) is 0.192. The van der Waals surface area contributed by atoms with E-state index in [9.17, 15) is 8.42 Å². The largest absolute Gasteiger partial charge is 0.385 e. The Labute approximate surface area is 98.2 Å². The summed E-state index contributed by atoms with van der Waals surface area (Å²) in [6.45, 7) is 1.77. The van der Waals surface area contributed by atoms with Crippen LogP contribution in [-0.4, -0.2) is 58.4 Å². The molecule has 1 unspecified atom stereocenters. The van der Waals surface area contributed by atoms with Crippen LogP contribution in [-0.2, 0) is 14.8 Å². The number of rotatable bonds is 6. The Bertz CT molecular complexity index is 292. The van der Waals surface area contributed by atoms with Crippen LogP contribution in [0.3, 0.4) is 0 Å². The molecular formula is C10H22N2O3S. The predicted molar refractivity (Wildman–Crippen MR) is 63.9 cm³/mol. The van der Waals surface area contributed by atoms with Gasteiger partial charge in [0.05, 0.1) is 5.75 Å². The third-order valence-corrected chi connectivity index (χ3v) is 4.86. The summed E-state index contributed by atoms with van der Waals surface area (Å²) in [7, 11) is 0.383. The van der Waals surface area contributed by atoms with Crippen LogP contribution in [0.2, 0.25) is 0 Å². The molecule has 1 aliphatic heterocycles. The topological polar surface area (TPSA) is 58.6 Å². The van der Waals surface area contributed by atoms with Gasteiger partial charge in [0.2, 0.25) is 10.0 Å². The van der Waals surface area contributed by atoms with Crippen LogP contribution in [0.25, 0.3) is 0 Å². The summed E-state index contributed by atoms with van der Waals surface area (Å²) in [6, 6.07) is 0.297. The van der Waals surface area contributed by atoms with E-state index in [0.717, 1.165) is 12.8 Å². The average molecular weight is 250 g/mol. The van der Waals surface area contributed by atoms with Gasteiger partial charge in [0.1, 0.15) is 0 Å². The van der Waals surface area contributed by atoms with Gasteiger partial charge in [-0.25, -0.2) is 12.7 Å². The molecular weight excluding hydrogens is 228 g/mol. The molecule has 96 valence electrons. The van der Waals surface area contributed by atoms with Crippen LogP contribution in [0, 0.1) is 0 Å². The van der Waals surface area contributed by atoms with Crippen LogP contribution in [0.4, 0.5) is 0 Å². The van der Waals surface area contributed by atoms with Crippen molar-refractivity contribution in [3.63, 3.8) is 0 Å². The lowest BCUT2D eigenvalue weighted by Gasteiger charge is -2.31. The van der Waals surface area contributed by atoms with Crippen molar-refractivity contribution in [1.82, 2.24) is 9.62 Å². The number of hydrogen-bond donors (Lipinski definition) is 1. The minimum Gasteiger partial charge on any atom is -0.385 e. The fraction of sp³-hybridized carbons (Fsp3) is 1.00. The standard InChI is InChI=1S/C10H22N2O3S/c1-11-10-5-3-6-12(9-10)16(13,14)8-4-7-15-2/h10-11H,3-9H2,1-2H3. The Balaban J connectivity index is 2.47. The summed E-state index contributed by atoms with van der Waals surface area (Å²) in [4.78, 5) is 0. The highest BCUT2D eigenvalue weighted by molar-refractivity contribution is 7.89. The Hall–Kier alpha value is -0.170. The third kappa shape index (κ3) is 4.01. The molecule has 1 N–H and O–H groups in total. The van der Waals surface area contributed by atoms with Gasteiger partial charge in [-0.1, -0.05) is 0 Å². The number of hydrogen-bond acceptors (Lipinski definition) is 4. The molecule has 1 saturated heterocycles. The summed E-state index contributed by atoms with van der Waals surface area (Å²) >= 11 is 0. The number of nitrogens with zero attached hydrogens (tertiary/aromatic N) is 1. The van der Waals surface area contributed by atoms with Gasteiger partial charge in [-0.2, -0.15) is 0 Å². The molecule has 0 spiro atoms. The molecule has 6 heteroatoms. The van der Waals surface area contributed by atoms with E-state index in [1.165, 1.54) is 0 Å². The predicted octanol–water partition coefficient (Wildman–Crippen LogP) is 0.0365. The number of sulfonamides is 1. The first-order valence-corrected chi connectivity index (χ1v) is 7.35. The van der Waals surface area contributed by atoms with Crippen molar-refractivity contribution >= 4 is 10.0 Å². The zero-order valence-corrected chi connectivity index (χ0v) is 10.9. The lowest BCUT2D eigenvalue weighted by atomic mass is 10.1.